The summed E-state index contributed by atoms with van der Waals surface area (Å²) < 4.78 is 1.11. The van der Waals surface area contributed by atoms with E-state index in [1.165, 1.54) is 5.56 Å². The molecule has 4 heteroatoms. The fourth-order valence-corrected chi connectivity index (χ4v) is 2.89. The Bertz CT molecular complexity index is 371. The maximum absolute atomic E-state index is 5.80. The third kappa shape index (κ3) is 4.28. The van der Waals surface area contributed by atoms with Gasteiger partial charge in [0.1, 0.15) is 0 Å². The smallest absolute Gasteiger partial charge is 0.0429 e. The molecule has 19 heavy (non-hydrogen) atoms. The third-order valence-corrected chi connectivity index (χ3v) is 4.51. The van der Waals surface area contributed by atoms with E-state index in [-0.39, 0.29) is 11.6 Å². The zero-order valence-electron chi connectivity index (χ0n) is 12.4. The van der Waals surface area contributed by atoms with Crippen molar-refractivity contribution in [3.8, 4) is 0 Å². The standard InChI is InChI=1S/C15H26BrN3/c1-5-19(6-2)15(3,4)14(18-17)11-12-7-9-13(16)10-8-12/h7-10,14,18H,5-6,11,17H2,1-4H3. The van der Waals surface area contributed by atoms with Crippen LogP contribution in [0.15, 0.2) is 28.7 Å². The highest BCUT2D eigenvalue weighted by Gasteiger charge is 2.33. The molecule has 0 heterocycles. The van der Waals surface area contributed by atoms with Gasteiger partial charge in [0.05, 0.1) is 0 Å². The van der Waals surface area contributed by atoms with Gasteiger partial charge in [0.15, 0.2) is 0 Å². The number of nitrogens with one attached hydrogen (secondary N) is 1. The molecule has 108 valence electrons. The number of rotatable bonds is 7. The quantitative estimate of drug-likeness (QED) is 0.597. The average Bonchev–Trinajstić information content (AvgIpc) is 2.38. The summed E-state index contributed by atoms with van der Waals surface area (Å²) in [6.07, 6.45) is 0.924. The van der Waals surface area contributed by atoms with Gasteiger partial charge in [-0.15, -0.1) is 0 Å². The summed E-state index contributed by atoms with van der Waals surface area (Å²) in [5.74, 6) is 5.80. The van der Waals surface area contributed by atoms with Crippen LogP contribution in [0.2, 0.25) is 0 Å². The van der Waals surface area contributed by atoms with E-state index in [9.17, 15) is 0 Å². The molecule has 1 aromatic carbocycles. The van der Waals surface area contributed by atoms with Gasteiger partial charge in [-0.2, -0.15) is 0 Å². The summed E-state index contributed by atoms with van der Waals surface area (Å²) in [6.45, 7) is 11.0. The SMILES string of the molecule is CCN(CC)C(C)(C)C(Cc1ccc(Br)cc1)NN. The highest BCUT2D eigenvalue weighted by atomic mass is 79.9. The lowest BCUT2D eigenvalue weighted by molar-refractivity contribution is 0.0912. The van der Waals surface area contributed by atoms with E-state index in [1.54, 1.807) is 0 Å². The van der Waals surface area contributed by atoms with Gasteiger partial charge in [-0.1, -0.05) is 41.9 Å². The Hall–Kier alpha value is -0.420. The Labute approximate surface area is 125 Å². The predicted molar refractivity (Wildman–Crippen MR) is 86.0 cm³/mol. The fourth-order valence-electron chi connectivity index (χ4n) is 2.63. The Morgan fingerprint density at radius 2 is 1.74 bits per heavy atom. The van der Waals surface area contributed by atoms with Gasteiger partial charge in [0.25, 0.3) is 0 Å². The van der Waals surface area contributed by atoms with Crippen molar-refractivity contribution < 1.29 is 0 Å². The minimum atomic E-state index is 0.0192. The van der Waals surface area contributed by atoms with Gasteiger partial charge in [0.2, 0.25) is 0 Å². The van der Waals surface area contributed by atoms with Gasteiger partial charge in [-0.3, -0.25) is 16.2 Å². The van der Waals surface area contributed by atoms with Crippen LogP contribution in [0.1, 0.15) is 33.3 Å². The van der Waals surface area contributed by atoms with E-state index in [4.69, 9.17) is 5.84 Å². The summed E-state index contributed by atoms with van der Waals surface area (Å²) in [5, 5.41) is 0. The van der Waals surface area contributed by atoms with Crippen LogP contribution < -0.4 is 11.3 Å². The van der Waals surface area contributed by atoms with Crippen molar-refractivity contribution in [3.63, 3.8) is 0 Å². The number of nitrogens with two attached hydrogens (primary N) is 1. The molecule has 0 aromatic heterocycles. The molecule has 0 aliphatic rings. The molecular formula is C15H26BrN3. The second-order valence-corrected chi connectivity index (χ2v) is 6.29. The summed E-state index contributed by atoms with van der Waals surface area (Å²) >= 11 is 3.47. The van der Waals surface area contributed by atoms with Crippen LogP contribution in [0.3, 0.4) is 0 Å². The van der Waals surface area contributed by atoms with E-state index in [1.807, 2.05) is 0 Å². The number of likely N-dealkylation sites (N-methyl/N-ethyl adjacent to an activating group) is 1. The zero-order chi connectivity index (χ0) is 14.5. The molecule has 0 bridgehead atoms. The van der Waals surface area contributed by atoms with Crippen LogP contribution in [0, 0.1) is 0 Å². The second kappa shape index (κ2) is 7.39. The maximum atomic E-state index is 5.80. The molecule has 0 aliphatic heterocycles. The monoisotopic (exact) mass is 327 g/mol. The summed E-state index contributed by atoms with van der Waals surface area (Å²) in [4.78, 5) is 2.44. The van der Waals surface area contributed by atoms with Crippen molar-refractivity contribution in [2.24, 2.45) is 5.84 Å². The lowest BCUT2D eigenvalue weighted by atomic mass is 9.88. The van der Waals surface area contributed by atoms with Gasteiger partial charge < -0.3 is 0 Å². The van der Waals surface area contributed by atoms with Crippen molar-refractivity contribution in [1.82, 2.24) is 10.3 Å². The summed E-state index contributed by atoms with van der Waals surface area (Å²) in [7, 11) is 0. The van der Waals surface area contributed by atoms with Crippen molar-refractivity contribution in [2.75, 3.05) is 13.1 Å². The van der Waals surface area contributed by atoms with E-state index in [0.717, 1.165) is 24.0 Å². The van der Waals surface area contributed by atoms with Crippen molar-refractivity contribution >= 4 is 15.9 Å². The number of hydrogen-bond acceptors (Lipinski definition) is 3. The number of hydrogen-bond donors (Lipinski definition) is 2. The van der Waals surface area contributed by atoms with Crippen LogP contribution in [0.4, 0.5) is 0 Å². The summed E-state index contributed by atoms with van der Waals surface area (Å²) in [6, 6.07) is 8.66. The number of halogens is 1. The molecular weight excluding hydrogens is 302 g/mol. The van der Waals surface area contributed by atoms with Crippen LogP contribution in [0.25, 0.3) is 0 Å². The largest absolute Gasteiger partial charge is 0.297 e. The molecule has 0 amide bonds. The van der Waals surface area contributed by atoms with E-state index >= 15 is 0 Å². The first kappa shape index (κ1) is 16.6. The molecule has 0 radical (unpaired) electrons. The highest BCUT2D eigenvalue weighted by Crippen LogP contribution is 2.22. The van der Waals surface area contributed by atoms with Crippen LogP contribution in [-0.2, 0) is 6.42 Å². The zero-order valence-corrected chi connectivity index (χ0v) is 14.0. The first-order chi connectivity index (χ1) is 8.95. The molecule has 1 unspecified atom stereocenters. The first-order valence-corrected chi connectivity index (χ1v) is 7.70. The first-order valence-electron chi connectivity index (χ1n) is 6.91. The normalized spacial score (nSPS) is 13.8. The highest BCUT2D eigenvalue weighted by molar-refractivity contribution is 9.10. The predicted octanol–water partition coefficient (Wildman–Crippen LogP) is 2.94. The molecule has 3 N–H and O–H groups in total. The number of nitrogens with zero attached hydrogens (tertiary/aromatic N) is 1. The number of benzene rings is 1. The van der Waals surface area contributed by atoms with Gasteiger partial charge in [-0.05, 0) is 51.1 Å². The molecule has 0 aliphatic carbocycles. The van der Waals surface area contributed by atoms with Crippen molar-refractivity contribution in [3.05, 3.63) is 34.3 Å². The Morgan fingerprint density at radius 1 is 1.21 bits per heavy atom. The Kier molecular flexibility index (Phi) is 6.47. The lowest BCUT2D eigenvalue weighted by Crippen LogP contribution is -2.60. The Morgan fingerprint density at radius 3 is 2.16 bits per heavy atom. The van der Waals surface area contributed by atoms with Crippen LogP contribution in [-0.4, -0.2) is 29.6 Å². The van der Waals surface area contributed by atoms with Crippen molar-refractivity contribution in [1.29, 1.82) is 0 Å². The number of hydrazine groups is 1. The minimum absolute atomic E-state index is 0.0192. The van der Waals surface area contributed by atoms with Gasteiger partial charge in [0, 0.05) is 16.1 Å². The molecule has 0 fully saturated rings. The second-order valence-electron chi connectivity index (χ2n) is 5.38. The molecule has 0 saturated heterocycles. The van der Waals surface area contributed by atoms with Crippen molar-refractivity contribution in [2.45, 2.75) is 45.7 Å². The lowest BCUT2D eigenvalue weighted by Gasteiger charge is -2.43. The van der Waals surface area contributed by atoms with E-state index < -0.39 is 0 Å². The van der Waals surface area contributed by atoms with Gasteiger partial charge >= 0.3 is 0 Å². The molecule has 0 spiro atoms. The fraction of sp³-hybridized carbons (Fsp3) is 0.600. The van der Waals surface area contributed by atoms with E-state index in [0.29, 0.717) is 0 Å². The Balaban J connectivity index is 2.84. The molecule has 1 atom stereocenters. The third-order valence-electron chi connectivity index (χ3n) is 3.99. The topological polar surface area (TPSA) is 41.3 Å². The maximum Gasteiger partial charge on any atom is 0.0429 e. The molecule has 1 aromatic rings. The molecule has 0 saturated carbocycles. The minimum Gasteiger partial charge on any atom is -0.297 e. The molecule has 3 nitrogen and oxygen atoms in total. The average molecular weight is 328 g/mol. The van der Waals surface area contributed by atoms with Gasteiger partial charge in [-0.25, -0.2) is 0 Å². The van der Waals surface area contributed by atoms with E-state index in [2.05, 4.69) is 78.2 Å². The van der Waals surface area contributed by atoms with Crippen LogP contribution in [0.5, 0.6) is 0 Å². The molecule has 1 rings (SSSR count). The van der Waals surface area contributed by atoms with Crippen LogP contribution >= 0.6 is 15.9 Å². The summed E-state index contributed by atoms with van der Waals surface area (Å²) in [5.41, 5.74) is 4.32.